The molecule has 2 aromatic rings. The van der Waals surface area contributed by atoms with Crippen LogP contribution in [-0.4, -0.2) is 26.0 Å². The fraction of sp³-hybridized carbons (Fsp3) is 0.417. The summed E-state index contributed by atoms with van der Waals surface area (Å²) in [6, 6.07) is 8.52. The molecule has 3 rings (SSSR count). The smallest absolute Gasteiger partial charge is 0.209 e. The van der Waals surface area contributed by atoms with Crippen LogP contribution in [0.2, 0.25) is 0 Å². The van der Waals surface area contributed by atoms with Crippen molar-refractivity contribution >= 4 is 17.4 Å². The number of aromatic nitrogens is 4. The van der Waals surface area contributed by atoms with Gasteiger partial charge in [0.25, 0.3) is 0 Å². The van der Waals surface area contributed by atoms with Gasteiger partial charge in [-0.15, -0.1) is 5.10 Å². The van der Waals surface area contributed by atoms with E-state index in [1.54, 1.807) is 11.8 Å². The Morgan fingerprint density at radius 2 is 2.17 bits per heavy atom. The molecule has 0 aliphatic heterocycles. The maximum atomic E-state index is 5.91. The number of tetrazole rings is 1. The van der Waals surface area contributed by atoms with Crippen LogP contribution in [0.4, 0.5) is 5.69 Å². The van der Waals surface area contributed by atoms with Crippen LogP contribution in [0, 0.1) is 0 Å². The van der Waals surface area contributed by atoms with E-state index in [9.17, 15) is 0 Å². The van der Waals surface area contributed by atoms with Crippen LogP contribution in [-0.2, 0) is 6.42 Å². The molecule has 0 spiro atoms. The fourth-order valence-corrected chi connectivity index (χ4v) is 2.76. The molecule has 18 heavy (non-hydrogen) atoms. The molecule has 2 N–H and O–H groups in total. The maximum absolute atomic E-state index is 5.91. The first-order chi connectivity index (χ1) is 8.84. The normalized spacial score (nSPS) is 14.9. The number of anilines is 1. The Morgan fingerprint density at radius 1 is 1.33 bits per heavy atom. The molecule has 0 saturated heterocycles. The summed E-state index contributed by atoms with van der Waals surface area (Å²) in [7, 11) is 0. The number of aryl methyl sites for hydroxylation is 1. The van der Waals surface area contributed by atoms with Crippen LogP contribution < -0.4 is 5.73 Å². The Balaban J connectivity index is 1.58. The SMILES string of the molecule is Nc1ccccc1CCSc1nnnn1C1CC1. The van der Waals surface area contributed by atoms with Gasteiger partial charge >= 0.3 is 0 Å². The molecule has 1 aliphatic rings. The highest BCUT2D eigenvalue weighted by molar-refractivity contribution is 7.99. The number of thioether (sulfide) groups is 1. The molecule has 0 radical (unpaired) electrons. The Hall–Kier alpha value is -1.56. The second-order valence-corrected chi connectivity index (χ2v) is 5.50. The number of rotatable bonds is 5. The molecular formula is C12H15N5S. The number of nitrogen functional groups attached to an aromatic ring is 1. The van der Waals surface area contributed by atoms with Gasteiger partial charge in [0.05, 0.1) is 6.04 Å². The minimum Gasteiger partial charge on any atom is -0.399 e. The van der Waals surface area contributed by atoms with Gasteiger partial charge in [0.1, 0.15) is 0 Å². The topological polar surface area (TPSA) is 69.6 Å². The van der Waals surface area contributed by atoms with Crippen molar-refractivity contribution in [3.63, 3.8) is 0 Å². The van der Waals surface area contributed by atoms with Crippen molar-refractivity contribution in [3.8, 4) is 0 Å². The van der Waals surface area contributed by atoms with Crippen molar-refractivity contribution in [2.24, 2.45) is 0 Å². The third-order valence-electron chi connectivity index (χ3n) is 3.01. The van der Waals surface area contributed by atoms with E-state index in [-0.39, 0.29) is 0 Å². The number of benzene rings is 1. The van der Waals surface area contributed by atoms with E-state index in [0.717, 1.165) is 23.0 Å². The molecule has 1 heterocycles. The van der Waals surface area contributed by atoms with Crippen LogP contribution in [0.5, 0.6) is 0 Å². The van der Waals surface area contributed by atoms with Crippen molar-refractivity contribution in [1.29, 1.82) is 0 Å². The molecule has 0 amide bonds. The molecule has 1 aromatic carbocycles. The predicted octanol–water partition coefficient (Wildman–Crippen LogP) is 1.93. The van der Waals surface area contributed by atoms with Gasteiger partial charge in [0.2, 0.25) is 5.16 Å². The Bertz CT molecular complexity index is 535. The summed E-state index contributed by atoms with van der Waals surface area (Å²) in [5, 5.41) is 12.8. The second-order valence-electron chi connectivity index (χ2n) is 4.43. The first-order valence-electron chi connectivity index (χ1n) is 6.08. The first kappa shape index (κ1) is 11.5. The monoisotopic (exact) mass is 261 g/mol. The largest absolute Gasteiger partial charge is 0.399 e. The molecule has 0 unspecified atom stereocenters. The van der Waals surface area contributed by atoms with E-state index in [1.807, 2.05) is 22.9 Å². The van der Waals surface area contributed by atoms with Crippen LogP contribution in [0.1, 0.15) is 24.4 Å². The Morgan fingerprint density at radius 3 is 2.94 bits per heavy atom. The van der Waals surface area contributed by atoms with Gasteiger partial charge in [0.15, 0.2) is 0 Å². The number of hydrogen-bond donors (Lipinski definition) is 1. The molecule has 0 atom stereocenters. The zero-order valence-electron chi connectivity index (χ0n) is 9.99. The highest BCUT2D eigenvalue weighted by atomic mass is 32.2. The van der Waals surface area contributed by atoms with Gasteiger partial charge in [-0.25, -0.2) is 4.68 Å². The van der Waals surface area contributed by atoms with Crippen molar-refractivity contribution in [2.75, 3.05) is 11.5 Å². The van der Waals surface area contributed by atoms with E-state index < -0.39 is 0 Å². The summed E-state index contributed by atoms with van der Waals surface area (Å²) in [6.45, 7) is 0. The van der Waals surface area contributed by atoms with Crippen molar-refractivity contribution in [2.45, 2.75) is 30.5 Å². The minimum absolute atomic E-state index is 0.532. The quantitative estimate of drug-likeness (QED) is 0.658. The van der Waals surface area contributed by atoms with Crippen molar-refractivity contribution in [1.82, 2.24) is 20.2 Å². The summed E-state index contributed by atoms with van der Waals surface area (Å²) >= 11 is 1.70. The van der Waals surface area contributed by atoms with Gasteiger partial charge in [-0.3, -0.25) is 0 Å². The zero-order valence-corrected chi connectivity index (χ0v) is 10.8. The lowest BCUT2D eigenvalue weighted by molar-refractivity contribution is 0.565. The van der Waals surface area contributed by atoms with Crippen molar-refractivity contribution in [3.05, 3.63) is 29.8 Å². The van der Waals surface area contributed by atoms with Crippen LogP contribution in [0.25, 0.3) is 0 Å². The molecular weight excluding hydrogens is 246 g/mol. The van der Waals surface area contributed by atoms with Crippen LogP contribution >= 0.6 is 11.8 Å². The maximum Gasteiger partial charge on any atom is 0.209 e. The molecule has 94 valence electrons. The molecule has 1 aliphatic carbocycles. The molecule has 5 nitrogen and oxygen atoms in total. The average molecular weight is 261 g/mol. The zero-order chi connectivity index (χ0) is 12.4. The van der Waals surface area contributed by atoms with E-state index in [0.29, 0.717) is 6.04 Å². The number of nitrogens with zero attached hydrogens (tertiary/aromatic N) is 4. The minimum atomic E-state index is 0.532. The lowest BCUT2D eigenvalue weighted by atomic mass is 10.1. The third kappa shape index (κ3) is 2.48. The lowest BCUT2D eigenvalue weighted by Gasteiger charge is -2.05. The summed E-state index contributed by atoms with van der Waals surface area (Å²) < 4.78 is 1.94. The van der Waals surface area contributed by atoms with Gasteiger partial charge in [-0.2, -0.15) is 0 Å². The number of nitrogens with two attached hydrogens (primary N) is 1. The second kappa shape index (κ2) is 4.97. The van der Waals surface area contributed by atoms with E-state index in [4.69, 9.17) is 5.73 Å². The molecule has 6 heteroatoms. The van der Waals surface area contributed by atoms with Crippen LogP contribution in [0.3, 0.4) is 0 Å². The van der Waals surface area contributed by atoms with E-state index >= 15 is 0 Å². The van der Waals surface area contributed by atoms with E-state index in [1.165, 1.54) is 18.4 Å². The summed E-state index contributed by atoms with van der Waals surface area (Å²) in [5.74, 6) is 0.946. The molecule has 1 fully saturated rings. The standard InChI is InChI=1S/C12H15N5S/c13-11-4-2-1-3-9(11)7-8-18-12-14-15-16-17(12)10-5-6-10/h1-4,10H,5-8,13H2. The van der Waals surface area contributed by atoms with E-state index in [2.05, 4.69) is 21.6 Å². The Labute approximate surface area is 110 Å². The van der Waals surface area contributed by atoms with Gasteiger partial charge in [0, 0.05) is 11.4 Å². The molecule has 0 bridgehead atoms. The molecule has 1 saturated carbocycles. The number of hydrogen-bond acceptors (Lipinski definition) is 5. The Kier molecular flexibility index (Phi) is 3.19. The van der Waals surface area contributed by atoms with Crippen LogP contribution in [0.15, 0.2) is 29.4 Å². The fourth-order valence-electron chi connectivity index (χ4n) is 1.84. The third-order valence-corrected chi connectivity index (χ3v) is 3.95. The highest BCUT2D eigenvalue weighted by Gasteiger charge is 2.27. The lowest BCUT2D eigenvalue weighted by Crippen LogP contribution is -2.00. The summed E-state index contributed by atoms with van der Waals surface area (Å²) in [4.78, 5) is 0. The number of para-hydroxylation sites is 1. The van der Waals surface area contributed by atoms with Gasteiger partial charge in [-0.05, 0) is 41.3 Å². The predicted molar refractivity (Wildman–Crippen MR) is 71.4 cm³/mol. The summed E-state index contributed by atoms with van der Waals surface area (Å²) in [5.41, 5.74) is 7.96. The van der Waals surface area contributed by atoms with Gasteiger partial charge < -0.3 is 5.73 Å². The summed E-state index contributed by atoms with van der Waals surface area (Å²) in [6.07, 6.45) is 3.34. The first-order valence-corrected chi connectivity index (χ1v) is 7.07. The molecule has 1 aromatic heterocycles. The van der Waals surface area contributed by atoms with Gasteiger partial charge in [-0.1, -0.05) is 30.0 Å². The van der Waals surface area contributed by atoms with Crippen molar-refractivity contribution < 1.29 is 0 Å². The average Bonchev–Trinajstić information content (AvgIpc) is 3.12. The highest BCUT2D eigenvalue weighted by Crippen LogP contribution is 2.36.